The number of hydrogen-bond donors (Lipinski definition) is 0. The first-order valence-corrected chi connectivity index (χ1v) is 5.84. The molecule has 0 spiro atoms. The van der Waals surface area contributed by atoms with Crippen LogP contribution in [0.1, 0.15) is 25.7 Å². The van der Waals surface area contributed by atoms with Crippen LogP contribution in [0.4, 0.5) is 16.2 Å². The number of nitrogens with zero attached hydrogens (tertiary/aromatic N) is 2. The van der Waals surface area contributed by atoms with Gasteiger partial charge in [0, 0.05) is 23.9 Å². The Kier molecular flexibility index (Phi) is 3.45. The normalized spacial score (nSPS) is 15.6. The predicted octanol–water partition coefficient (Wildman–Crippen LogP) is 1.69. The SMILES string of the molecule is O=C([O-])N(c1ccc([N+](=O)[O-])cc1)C1CCCC1. The molecule has 1 aliphatic carbocycles. The fraction of sp³-hybridized carbons (Fsp3) is 0.417. The first-order valence-electron chi connectivity index (χ1n) is 5.84. The fourth-order valence-corrected chi connectivity index (χ4v) is 2.36. The molecule has 1 aromatic rings. The van der Waals surface area contributed by atoms with Crippen LogP contribution in [-0.2, 0) is 0 Å². The third-order valence-electron chi connectivity index (χ3n) is 3.23. The molecule has 2 rings (SSSR count). The van der Waals surface area contributed by atoms with Gasteiger partial charge in [0.25, 0.3) is 5.69 Å². The lowest BCUT2D eigenvalue weighted by Gasteiger charge is -2.31. The number of carbonyl (C=O) groups excluding carboxylic acids is 1. The van der Waals surface area contributed by atoms with Gasteiger partial charge in [-0.3, -0.25) is 10.1 Å². The molecule has 0 heterocycles. The van der Waals surface area contributed by atoms with Crippen molar-refractivity contribution in [3.8, 4) is 0 Å². The topological polar surface area (TPSA) is 86.5 Å². The van der Waals surface area contributed by atoms with Crippen molar-refractivity contribution in [2.24, 2.45) is 0 Å². The van der Waals surface area contributed by atoms with E-state index in [-0.39, 0.29) is 11.7 Å². The number of carboxylic acid groups (broad SMARTS) is 1. The summed E-state index contributed by atoms with van der Waals surface area (Å²) in [5.74, 6) is 0. The van der Waals surface area contributed by atoms with E-state index in [4.69, 9.17) is 0 Å². The molecular formula is C12H13N2O4-. The number of rotatable bonds is 3. The molecule has 6 nitrogen and oxygen atoms in total. The van der Waals surface area contributed by atoms with Crippen LogP contribution in [0, 0.1) is 10.1 Å². The summed E-state index contributed by atoms with van der Waals surface area (Å²) in [6, 6.07) is 5.44. The first-order chi connectivity index (χ1) is 8.59. The standard InChI is InChI=1S/C12H14N2O4/c15-12(16)13(9-3-1-2-4-9)10-5-7-11(8-6-10)14(17)18/h5-9H,1-4H2,(H,15,16)/p-1. The monoisotopic (exact) mass is 249 g/mol. The average Bonchev–Trinajstić information content (AvgIpc) is 2.83. The first kappa shape index (κ1) is 12.3. The molecule has 0 aromatic heterocycles. The van der Waals surface area contributed by atoms with Gasteiger partial charge in [-0.15, -0.1) is 0 Å². The molecule has 0 atom stereocenters. The van der Waals surface area contributed by atoms with Crippen LogP contribution in [0.5, 0.6) is 0 Å². The summed E-state index contributed by atoms with van der Waals surface area (Å²) in [6.07, 6.45) is 2.37. The van der Waals surface area contributed by atoms with Crippen LogP contribution in [-0.4, -0.2) is 17.1 Å². The molecule has 1 amide bonds. The Bertz CT molecular complexity index is 452. The van der Waals surface area contributed by atoms with Gasteiger partial charge in [-0.05, 0) is 25.0 Å². The molecule has 0 unspecified atom stereocenters. The highest BCUT2D eigenvalue weighted by atomic mass is 16.6. The number of non-ortho nitro benzene ring substituents is 1. The maximum absolute atomic E-state index is 11.2. The number of nitro groups is 1. The molecule has 1 aromatic carbocycles. The second-order valence-corrected chi connectivity index (χ2v) is 4.35. The molecule has 1 saturated carbocycles. The highest BCUT2D eigenvalue weighted by Gasteiger charge is 2.24. The van der Waals surface area contributed by atoms with Gasteiger partial charge in [0.1, 0.15) is 6.09 Å². The van der Waals surface area contributed by atoms with Gasteiger partial charge in [-0.1, -0.05) is 12.8 Å². The summed E-state index contributed by atoms with van der Waals surface area (Å²) in [5.41, 5.74) is 0.385. The Morgan fingerprint density at radius 3 is 2.22 bits per heavy atom. The zero-order valence-corrected chi connectivity index (χ0v) is 9.74. The number of nitro benzene ring substituents is 1. The van der Waals surface area contributed by atoms with Crippen molar-refractivity contribution in [3.05, 3.63) is 34.4 Å². The number of amides is 1. The lowest BCUT2D eigenvalue weighted by Crippen LogP contribution is -2.46. The summed E-state index contributed by atoms with van der Waals surface area (Å²) >= 11 is 0. The maximum atomic E-state index is 11.2. The van der Waals surface area contributed by atoms with Crippen molar-refractivity contribution in [2.45, 2.75) is 31.7 Å². The van der Waals surface area contributed by atoms with Gasteiger partial charge in [-0.25, -0.2) is 0 Å². The van der Waals surface area contributed by atoms with Crippen molar-refractivity contribution in [3.63, 3.8) is 0 Å². The van der Waals surface area contributed by atoms with E-state index in [0.29, 0.717) is 5.69 Å². The maximum Gasteiger partial charge on any atom is 0.269 e. The third kappa shape index (κ3) is 2.42. The minimum absolute atomic E-state index is 0.0523. The van der Waals surface area contributed by atoms with Crippen LogP contribution < -0.4 is 10.0 Å². The van der Waals surface area contributed by atoms with Crippen LogP contribution in [0.3, 0.4) is 0 Å². The minimum Gasteiger partial charge on any atom is -0.530 e. The molecule has 96 valence electrons. The van der Waals surface area contributed by atoms with E-state index < -0.39 is 11.0 Å². The summed E-state index contributed by atoms with van der Waals surface area (Å²) < 4.78 is 0. The molecule has 0 radical (unpaired) electrons. The Hall–Kier alpha value is -2.11. The largest absolute Gasteiger partial charge is 0.530 e. The van der Waals surface area contributed by atoms with Crippen molar-refractivity contribution < 1.29 is 14.8 Å². The molecule has 0 saturated heterocycles. The Morgan fingerprint density at radius 2 is 1.78 bits per heavy atom. The molecule has 1 aliphatic rings. The minimum atomic E-state index is -1.25. The number of benzene rings is 1. The van der Waals surface area contributed by atoms with Crippen molar-refractivity contribution in [1.29, 1.82) is 0 Å². The van der Waals surface area contributed by atoms with Crippen LogP contribution in [0.2, 0.25) is 0 Å². The van der Waals surface area contributed by atoms with E-state index in [2.05, 4.69) is 0 Å². The van der Waals surface area contributed by atoms with E-state index in [0.717, 1.165) is 25.7 Å². The summed E-state index contributed by atoms with van der Waals surface area (Å²) in [6.45, 7) is 0. The second kappa shape index (κ2) is 5.03. The Balaban J connectivity index is 2.25. The van der Waals surface area contributed by atoms with Gasteiger partial charge in [0.05, 0.1) is 4.92 Å². The molecule has 6 heteroatoms. The Morgan fingerprint density at radius 1 is 1.22 bits per heavy atom. The van der Waals surface area contributed by atoms with Crippen LogP contribution >= 0.6 is 0 Å². The van der Waals surface area contributed by atoms with Gasteiger partial charge in [0.2, 0.25) is 0 Å². The van der Waals surface area contributed by atoms with Crippen molar-refractivity contribution in [2.75, 3.05) is 4.90 Å². The number of hydrogen-bond acceptors (Lipinski definition) is 4. The summed E-state index contributed by atoms with van der Waals surface area (Å²) in [5, 5.41) is 21.7. The molecular weight excluding hydrogens is 236 g/mol. The van der Waals surface area contributed by atoms with Gasteiger partial charge in [0.15, 0.2) is 0 Å². The quantitative estimate of drug-likeness (QED) is 0.602. The molecule has 0 N–H and O–H groups in total. The van der Waals surface area contributed by atoms with E-state index in [1.54, 1.807) is 0 Å². The van der Waals surface area contributed by atoms with Crippen molar-refractivity contribution >= 4 is 17.5 Å². The molecule has 0 bridgehead atoms. The van der Waals surface area contributed by atoms with E-state index in [1.165, 1.54) is 29.2 Å². The zero-order chi connectivity index (χ0) is 13.1. The average molecular weight is 249 g/mol. The fourth-order valence-electron chi connectivity index (χ4n) is 2.36. The van der Waals surface area contributed by atoms with E-state index >= 15 is 0 Å². The van der Waals surface area contributed by atoms with Crippen LogP contribution in [0.25, 0.3) is 0 Å². The molecule has 0 aliphatic heterocycles. The second-order valence-electron chi connectivity index (χ2n) is 4.35. The van der Waals surface area contributed by atoms with Gasteiger partial charge in [-0.2, -0.15) is 0 Å². The summed E-state index contributed by atoms with van der Waals surface area (Å²) in [7, 11) is 0. The predicted molar refractivity (Wildman–Crippen MR) is 63.2 cm³/mol. The third-order valence-corrected chi connectivity index (χ3v) is 3.23. The van der Waals surface area contributed by atoms with Crippen LogP contribution in [0.15, 0.2) is 24.3 Å². The number of anilines is 1. The molecule has 18 heavy (non-hydrogen) atoms. The lowest BCUT2D eigenvalue weighted by molar-refractivity contribution is -0.384. The molecule has 1 fully saturated rings. The lowest BCUT2D eigenvalue weighted by atomic mass is 10.2. The highest BCUT2D eigenvalue weighted by Crippen LogP contribution is 2.29. The van der Waals surface area contributed by atoms with E-state index in [9.17, 15) is 20.0 Å². The number of carbonyl (C=O) groups is 1. The smallest absolute Gasteiger partial charge is 0.269 e. The Labute approximate surface area is 104 Å². The van der Waals surface area contributed by atoms with Crippen molar-refractivity contribution in [1.82, 2.24) is 0 Å². The van der Waals surface area contributed by atoms with Gasteiger partial charge < -0.3 is 14.8 Å². The van der Waals surface area contributed by atoms with E-state index in [1.807, 2.05) is 0 Å². The highest BCUT2D eigenvalue weighted by molar-refractivity contribution is 5.85. The van der Waals surface area contributed by atoms with Gasteiger partial charge >= 0.3 is 0 Å². The summed E-state index contributed by atoms with van der Waals surface area (Å²) in [4.78, 5) is 22.4. The zero-order valence-electron chi connectivity index (χ0n) is 9.74.